The SMILES string of the molecule is Cc1cc2c(NCCC(C)CCC(=O)O)nccn2n1. The summed E-state index contributed by atoms with van der Waals surface area (Å²) in [4.78, 5) is 14.8. The number of nitrogens with zero attached hydrogens (tertiary/aromatic N) is 3. The van der Waals surface area contributed by atoms with E-state index < -0.39 is 5.97 Å². The average molecular weight is 276 g/mol. The Kier molecular flexibility index (Phi) is 4.55. The molecule has 1 unspecified atom stereocenters. The average Bonchev–Trinajstić information content (AvgIpc) is 2.77. The zero-order valence-electron chi connectivity index (χ0n) is 11.8. The summed E-state index contributed by atoms with van der Waals surface area (Å²) in [6, 6.07) is 1.99. The summed E-state index contributed by atoms with van der Waals surface area (Å²) in [7, 11) is 0. The van der Waals surface area contributed by atoms with E-state index >= 15 is 0 Å². The van der Waals surface area contributed by atoms with E-state index in [2.05, 4.69) is 22.3 Å². The number of carboxylic acid groups (broad SMARTS) is 1. The third kappa shape index (κ3) is 3.69. The largest absolute Gasteiger partial charge is 0.481 e. The molecule has 0 aliphatic rings. The van der Waals surface area contributed by atoms with Crippen molar-refractivity contribution in [2.75, 3.05) is 11.9 Å². The van der Waals surface area contributed by atoms with Crippen LogP contribution in [0.4, 0.5) is 5.82 Å². The molecule has 2 N–H and O–H groups in total. The number of fused-ring (bicyclic) bond motifs is 1. The number of aliphatic carboxylic acids is 1. The van der Waals surface area contributed by atoms with Gasteiger partial charge in [0.1, 0.15) is 5.52 Å². The second kappa shape index (κ2) is 6.36. The number of nitrogens with one attached hydrogen (secondary N) is 1. The van der Waals surface area contributed by atoms with E-state index in [0.29, 0.717) is 12.3 Å². The molecule has 6 heteroatoms. The molecule has 20 heavy (non-hydrogen) atoms. The van der Waals surface area contributed by atoms with Crippen molar-refractivity contribution in [3.63, 3.8) is 0 Å². The maximum absolute atomic E-state index is 10.5. The molecule has 2 aromatic rings. The van der Waals surface area contributed by atoms with E-state index in [4.69, 9.17) is 5.11 Å². The fourth-order valence-corrected chi connectivity index (χ4v) is 2.13. The molecular weight excluding hydrogens is 256 g/mol. The van der Waals surface area contributed by atoms with Crippen molar-refractivity contribution in [1.29, 1.82) is 0 Å². The van der Waals surface area contributed by atoms with Crippen LogP contribution >= 0.6 is 0 Å². The third-order valence-corrected chi connectivity index (χ3v) is 3.29. The molecule has 2 aromatic heterocycles. The molecule has 0 aliphatic carbocycles. The molecule has 0 bridgehead atoms. The topological polar surface area (TPSA) is 79.5 Å². The van der Waals surface area contributed by atoms with Crippen molar-refractivity contribution in [2.45, 2.75) is 33.1 Å². The Morgan fingerprint density at radius 1 is 1.50 bits per heavy atom. The Morgan fingerprint density at radius 3 is 3.05 bits per heavy atom. The molecule has 0 fully saturated rings. The Labute approximate surface area is 117 Å². The maximum Gasteiger partial charge on any atom is 0.303 e. The summed E-state index contributed by atoms with van der Waals surface area (Å²) in [6.07, 6.45) is 5.40. The van der Waals surface area contributed by atoms with Crippen LogP contribution in [0.3, 0.4) is 0 Å². The highest BCUT2D eigenvalue weighted by molar-refractivity contribution is 5.67. The molecule has 0 spiro atoms. The van der Waals surface area contributed by atoms with Gasteiger partial charge in [0.15, 0.2) is 5.82 Å². The zero-order valence-corrected chi connectivity index (χ0v) is 11.8. The molecule has 0 aliphatic heterocycles. The van der Waals surface area contributed by atoms with E-state index in [-0.39, 0.29) is 6.42 Å². The summed E-state index contributed by atoms with van der Waals surface area (Å²) in [5, 5.41) is 16.3. The minimum absolute atomic E-state index is 0.233. The van der Waals surface area contributed by atoms with E-state index in [1.54, 1.807) is 10.7 Å². The van der Waals surface area contributed by atoms with E-state index in [1.165, 1.54) is 0 Å². The van der Waals surface area contributed by atoms with Gasteiger partial charge in [0.05, 0.1) is 5.69 Å². The Morgan fingerprint density at radius 2 is 2.30 bits per heavy atom. The van der Waals surface area contributed by atoms with Gasteiger partial charge in [-0.3, -0.25) is 4.79 Å². The monoisotopic (exact) mass is 276 g/mol. The van der Waals surface area contributed by atoms with Crippen LogP contribution in [-0.2, 0) is 4.79 Å². The fraction of sp³-hybridized carbons (Fsp3) is 0.500. The van der Waals surface area contributed by atoms with Crippen LogP contribution < -0.4 is 5.32 Å². The molecule has 0 saturated heterocycles. The summed E-state index contributed by atoms with van der Waals surface area (Å²) in [5.41, 5.74) is 1.92. The van der Waals surface area contributed by atoms with Crippen LogP contribution in [0.2, 0.25) is 0 Å². The predicted molar refractivity (Wildman–Crippen MR) is 76.9 cm³/mol. The number of anilines is 1. The van der Waals surface area contributed by atoms with Gasteiger partial charge in [0.2, 0.25) is 0 Å². The lowest BCUT2D eigenvalue weighted by atomic mass is 10.0. The predicted octanol–water partition coefficient (Wildman–Crippen LogP) is 2.34. The van der Waals surface area contributed by atoms with Crippen molar-refractivity contribution in [3.8, 4) is 0 Å². The lowest BCUT2D eigenvalue weighted by molar-refractivity contribution is -0.137. The molecule has 0 radical (unpaired) electrons. The number of carbonyl (C=O) groups is 1. The first-order chi connectivity index (χ1) is 9.56. The van der Waals surface area contributed by atoms with Gasteiger partial charge in [0.25, 0.3) is 0 Å². The Bertz CT molecular complexity index is 594. The Balaban J connectivity index is 1.88. The second-order valence-electron chi connectivity index (χ2n) is 5.14. The zero-order chi connectivity index (χ0) is 14.5. The van der Waals surface area contributed by atoms with Crippen LogP contribution in [0.15, 0.2) is 18.5 Å². The van der Waals surface area contributed by atoms with Gasteiger partial charge >= 0.3 is 5.97 Å². The van der Waals surface area contributed by atoms with Crippen molar-refractivity contribution in [1.82, 2.24) is 14.6 Å². The van der Waals surface area contributed by atoms with Gasteiger partial charge in [-0.2, -0.15) is 5.10 Å². The van der Waals surface area contributed by atoms with Crippen molar-refractivity contribution >= 4 is 17.3 Å². The lowest BCUT2D eigenvalue weighted by Gasteiger charge is -2.11. The molecule has 0 aromatic carbocycles. The van der Waals surface area contributed by atoms with Gasteiger partial charge in [-0.15, -0.1) is 0 Å². The summed E-state index contributed by atoms with van der Waals surface area (Å²) >= 11 is 0. The molecule has 2 heterocycles. The van der Waals surface area contributed by atoms with Crippen LogP contribution in [0.5, 0.6) is 0 Å². The number of aryl methyl sites for hydroxylation is 1. The van der Waals surface area contributed by atoms with Crippen molar-refractivity contribution in [3.05, 3.63) is 24.2 Å². The molecule has 6 nitrogen and oxygen atoms in total. The molecule has 0 amide bonds. The Hall–Kier alpha value is -2.11. The van der Waals surface area contributed by atoms with Gasteiger partial charge in [-0.25, -0.2) is 9.50 Å². The first-order valence-corrected chi connectivity index (χ1v) is 6.83. The lowest BCUT2D eigenvalue weighted by Crippen LogP contribution is -2.10. The van der Waals surface area contributed by atoms with E-state index in [1.807, 2.05) is 19.2 Å². The van der Waals surface area contributed by atoms with Gasteiger partial charge < -0.3 is 10.4 Å². The maximum atomic E-state index is 10.5. The number of rotatable bonds is 7. The number of carboxylic acids is 1. The molecular formula is C14H20N4O2. The number of hydrogen-bond acceptors (Lipinski definition) is 4. The summed E-state index contributed by atoms with van der Waals surface area (Å²) in [6.45, 7) is 4.80. The molecule has 2 rings (SSSR count). The van der Waals surface area contributed by atoms with Gasteiger partial charge in [0, 0.05) is 25.4 Å². The summed E-state index contributed by atoms with van der Waals surface area (Å²) < 4.78 is 1.80. The first-order valence-electron chi connectivity index (χ1n) is 6.83. The van der Waals surface area contributed by atoms with Gasteiger partial charge in [-0.05, 0) is 31.7 Å². The molecule has 108 valence electrons. The molecule has 1 atom stereocenters. The van der Waals surface area contributed by atoms with E-state index in [9.17, 15) is 4.79 Å². The third-order valence-electron chi connectivity index (χ3n) is 3.29. The standard InChI is InChI=1S/C14H20N4O2/c1-10(3-4-13(19)20)5-6-15-14-12-9-11(2)17-18(12)8-7-16-14/h7-10H,3-6H2,1-2H3,(H,15,16)(H,19,20). The van der Waals surface area contributed by atoms with E-state index in [0.717, 1.165) is 30.0 Å². The van der Waals surface area contributed by atoms with Crippen LogP contribution in [0, 0.1) is 12.8 Å². The fourth-order valence-electron chi connectivity index (χ4n) is 2.13. The number of hydrogen-bond donors (Lipinski definition) is 2. The van der Waals surface area contributed by atoms with Crippen molar-refractivity contribution in [2.24, 2.45) is 5.92 Å². The highest BCUT2D eigenvalue weighted by Gasteiger charge is 2.07. The van der Waals surface area contributed by atoms with Crippen LogP contribution in [0.25, 0.3) is 5.52 Å². The van der Waals surface area contributed by atoms with Crippen LogP contribution in [-0.4, -0.2) is 32.2 Å². The summed E-state index contributed by atoms with van der Waals surface area (Å²) in [5.74, 6) is 0.467. The number of aromatic nitrogens is 3. The van der Waals surface area contributed by atoms with Gasteiger partial charge in [-0.1, -0.05) is 6.92 Å². The van der Waals surface area contributed by atoms with Crippen LogP contribution in [0.1, 0.15) is 31.9 Å². The van der Waals surface area contributed by atoms with Crippen molar-refractivity contribution < 1.29 is 9.90 Å². The quantitative estimate of drug-likeness (QED) is 0.811. The normalized spacial score (nSPS) is 12.5. The highest BCUT2D eigenvalue weighted by Crippen LogP contribution is 2.16. The molecule has 0 saturated carbocycles. The minimum Gasteiger partial charge on any atom is -0.481 e. The highest BCUT2D eigenvalue weighted by atomic mass is 16.4. The second-order valence-corrected chi connectivity index (χ2v) is 5.14. The smallest absolute Gasteiger partial charge is 0.303 e. The minimum atomic E-state index is -0.731. The first kappa shape index (κ1) is 14.3.